The quantitative estimate of drug-likeness (QED) is 0.195. The molecule has 0 bridgehead atoms. The van der Waals surface area contributed by atoms with Crippen LogP contribution in [0.5, 0.6) is 0 Å². The largest absolute Gasteiger partial charge is 0.456 e. The lowest BCUT2D eigenvalue weighted by Crippen LogP contribution is -2.23. The van der Waals surface area contributed by atoms with Crippen molar-refractivity contribution in [1.82, 2.24) is 9.36 Å². The third kappa shape index (κ3) is 4.38. The Kier molecular flexibility index (Phi) is 6.16. The van der Waals surface area contributed by atoms with Crippen LogP contribution in [0.1, 0.15) is 11.5 Å². The van der Waals surface area contributed by atoms with E-state index in [9.17, 15) is 25.0 Å². The van der Waals surface area contributed by atoms with Crippen LogP contribution in [-0.4, -0.2) is 20.2 Å². The molecule has 2 heterocycles. The summed E-state index contributed by atoms with van der Waals surface area (Å²) in [4.78, 5) is 36.6. The Bertz CT molecular complexity index is 1570. The maximum Gasteiger partial charge on any atom is 0.295 e. The lowest BCUT2D eigenvalue weighted by Gasteiger charge is -2.07. The number of carbonyl (C=O) groups is 1. The molecule has 0 fully saturated rings. The summed E-state index contributed by atoms with van der Waals surface area (Å²) >= 11 is 0. The van der Waals surface area contributed by atoms with Crippen molar-refractivity contribution in [2.45, 2.75) is 6.92 Å². The first-order valence-corrected chi connectivity index (χ1v) is 10.4. The van der Waals surface area contributed by atoms with Gasteiger partial charge in [0.05, 0.1) is 21.9 Å². The molecule has 4 aromatic rings. The molecule has 35 heavy (non-hydrogen) atoms. The molecule has 2 aromatic heterocycles. The molecule has 0 saturated carbocycles. The Morgan fingerprint density at radius 2 is 1.80 bits per heavy atom. The smallest absolute Gasteiger partial charge is 0.295 e. The molecule has 174 valence electrons. The maximum atomic E-state index is 13.0. The number of rotatable bonds is 6. The highest BCUT2D eigenvalue weighted by atomic mass is 16.6. The first-order valence-electron chi connectivity index (χ1n) is 10.4. The molecular weight excluding hydrogens is 450 g/mol. The second-order valence-electron chi connectivity index (χ2n) is 7.54. The summed E-state index contributed by atoms with van der Waals surface area (Å²) in [6, 6.07) is 19.8. The van der Waals surface area contributed by atoms with E-state index < -0.39 is 16.4 Å². The molecule has 0 spiro atoms. The number of aromatic nitrogens is 2. The van der Waals surface area contributed by atoms with Gasteiger partial charge in [-0.15, -0.1) is 0 Å². The van der Waals surface area contributed by atoms with Gasteiger partial charge in [-0.25, -0.2) is 4.68 Å². The van der Waals surface area contributed by atoms with E-state index in [1.165, 1.54) is 35.0 Å². The molecule has 1 N–H and O–H groups in total. The summed E-state index contributed by atoms with van der Waals surface area (Å²) in [5, 5.41) is 23.4. The topological polar surface area (TPSA) is 136 Å². The second kappa shape index (κ2) is 9.36. The molecule has 4 rings (SSSR count). The van der Waals surface area contributed by atoms with Gasteiger partial charge in [-0.1, -0.05) is 30.3 Å². The van der Waals surface area contributed by atoms with Crippen molar-refractivity contribution in [3.63, 3.8) is 0 Å². The number of benzene rings is 2. The SMILES string of the molecule is Cc1c(NC(=O)C(C#N)=Cc2ccc(-c3ccccc3[N+](=O)[O-])o2)c(=O)n(-c2ccccc2)n1C. The number of amides is 1. The van der Waals surface area contributed by atoms with Crippen molar-refractivity contribution in [2.24, 2.45) is 7.05 Å². The van der Waals surface area contributed by atoms with E-state index in [0.717, 1.165) is 0 Å². The zero-order valence-electron chi connectivity index (χ0n) is 18.8. The lowest BCUT2D eigenvalue weighted by atomic mass is 10.1. The van der Waals surface area contributed by atoms with Crippen molar-refractivity contribution in [3.8, 4) is 23.1 Å². The monoisotopic (exact) mass is 469 g/mol. The summed E-state index contributed by atoms with van der Waals surface area (Å²) in [7, 11) is 1.69. The number of hydrogen-bond acceptors (Lipinski definition) is 6. The molecule has 0 aliphatic heterocycles. The third-order valence-corrected chi connectivity index (χ3v) is 5.44. The molecule has 0 aliphatic carbocycles. The van der Waals surface area contributed by atoms with E-state index in [2.05, 4.69) is 5.32 Å². The van der Waals surface area contributed by atoms with Gasteiger partial charge in [0.1, 0.15) is 28.9 Å². The number of hydrogen-bond donors (Lipinski definition) is 1. The van der Waals surface area contributed by atoms with E-state index in [1.54, 1.807) is 61.1 Å². The number of anilines is 1. The van der Waals surface area contributed by atoms with Crippen molar-refractivity contribution in [2.75, 3.05) is 5.32 Å². The average molecular weight is 469 g/mol. The van der Waals surface area contributed by atoms with Crippen LogP contribution in [-0.2, 0) is 11.8 Å². The molecule has 1 amide bonds. The number of nitriles is 1. The van der Waals surface area contributed by atoms with Crippen molar-refractivity contribution >= 4 is 23.4 Å². The molecule has 0 aliphatic rings. The zero-order valence-corrected chi connectivity index (χ0v) is 18.8. The van der Waals surface area contributed by atoms with Gasteiger partial charge in [-0.3, -0.25) is 24.4 Å². The molecule has 10 nitrogen and oxygen atoms in total. The van der Waals surface area contributed by atoms with E-state index >= 15 is 0 Å². The van der Waals surface area contributed by atoms with Gasteiger partial charge in [0.25, 0.3) is 17.2 Å². The molecule has 10 heteroatoms. The predicted octanol–water partition coefficient (Wildman–Crippen LogP) is 4.20. The molecule has 2 aromatic carbocycles. The van der Waals surface area contributed by atoms with Gasteiger partial charge >= 0.3 is 0 Å². The van der Waals surface area contributed by atoms with Crippen molar-refractivity contribution < 1.29 is 14.1 Å². The van der Waals surface area contributed by atoms with E-state index in [-0.39, 0.29) is 34.0 Å². The summed E-state index contributed by atoms with van der Waals surface area (Å²) in [5.41, 5.74) is 0.550. The molecule has 0 unspecified atom stereocenters. The Labute approximate surface area is 199 Å². The molecule has 0 radical (unpaired) electrons. The number of nitro benzene ring substituents is 1. The highest BCUT2D eigenvalue weighted by molar-refractivity contribution is 6.09. The lowest BCUT2D eigenvalue weighted by molar-refractivity contribution is -0.384. The van der Waals surface area contributed by atoms with Crippen molar-refractivity contribution in [3.05, 3.63) is 104 Å². The number of nitro groups is 1. The van der Waals surface area contributed by atoms with Gasteiger partial charge < -0.3 is 9.73 Å². The van der Waals surface area contributed by atoms with Crippen LogP contribution >= 0.6 is 0 Å². The number of nitrogens with one attached hydrogen (secondary N) is 1. The summed E-state index contributed by atoms with van der Waals surface area (Å²) in [6.07, 6.45) is 1.21. The van der Waals surface area contributed by atoms with Crippen LogP contribution in [0.25, 0.3) is 23.1 Å². The van der Waals surface area contributed by atoms with Crippen LogP contribution in [0, 0.1) is 28.4 Å². The number of para-hydroxylation sites is 2. The highest BCUT2D eigenvalue weighted by Crippen LogP contribution is 2.31. The predicted molar refractivity (Wildman–Crippen MR) is 129 cm³/mol. The van der Waals surface area contributed by atoms with Crippen LogP contribution in [0.15, 0.2) is 81.5 Å². The Morgan fingerprint density at radius 1 is 1.11 bits per heavy atom. The minimum atomic E-state index is -0.790. The average Bonchev–Trinajstić information content (AvgIpc) is 3.41. The molecular formula is C25H19N5O5. The fourth-order valence-corrected chi connectivity index (χ4v) is 3.60. The normalized spacial score (nSPS) is 11.2. The van der Waals surface area contributed by atoms with Crippen LogP contribution in [0.3, 0.4) is 0 Å². The number of nitrogens with zero attached hydrogens (tertiary/aromatic N) is 4. The highest BCUT2D eigenvalue weighted by Gasteiger charge is 2.21. The van der Waals surface area contributed by atoms with Gasteiger partial charge in [0.2, 0.25) is 0 Å². The summed E-state index contributed by atoms with van der Waals surface area (Å²) < 4.78 is 8.65. The van der Waals surface area contributed by atoms with Gasteiger partial charge in [-0.05, 0) is 37.3 Å². The first-order chi connectivity index (χ1) is 16.8. The van der Waals surface area contributed by atoms with Gasteiger partial charge in [-0.2, -0.15) is 5.26 Å². The van der Waals surface area contributed by atoms with Gasteiger partial charge in [0.15, 0.2) is 0 Å². The summed E-state index contributed by atoms with van der Waals surface area (Å²) in [6.45, 7) is 1.68. The minimum absolute atomic E-state index is 0.0440. The van der Waals surface area contributed by atoms with Crippen LogP contribution in [0.2, 0.25) is 0 Å². The fourth-order valence-electron chi connectivity index (χ4n) is 3.60. The Morgan fingerprint density at radius 3 is 2.49 bits per heavy atom. The number of carbonyl (C=O) groups excluding carboxylic acids is 1. The molecule has 0 saturated heterocycles. The Balaban J connectivity index is 1.63. The zero-order chi connectivity index (χ0) is 25.1. The van der Waals surface area contributed by atoms with E-state index in [0.29, 0.717) is 11.4 Å². The fraction of sp³-hybridized carbons (Fsp3) is 0.0800. The standard InChI is InChI=1S/C25H19N5O5/c1-16-23(25(32)29(28(16)2)18-8-4-3-5-9-18)27-24(31)17(15-26)14-19-12-13-22(35-19)20-10-6-7-11-21(20)30(33)34/h3-14H,1-2H3,(H,27,31). The molecule has 0 atom stereocenters. The summed E-state index contributed by atoms with van der Waals surface area (Å²) in [5.74, 6) is -0.426. The Hall–Kier alpha value is -5.17. The van der Waals surface area contributed by atoms with Gasteiger partial charge in [0, 0.05) is 19.2 Å². The van der Waals surface area contributed by atoms with E-state index in [1.807, 2.05) is 6.07 Å². The van der Waals surface area contributed by atoms with Crippen molar-refractivity contribution in [1.29, 1.82) is 5.26 Å². The maximum absolute atomic E-state index is 13.0. The minimum Gasteiger partial charge on any atom is -0.456 e. The van der Waals surface area contributed by atoms with Crippen LogP contribution in [0.4, 0.5) is 11.4 Å². The first kappa shape index (κ1) is 23.0. The van der Waals surface area contributed by atoms with E-state index in [4.69, 9.17) is 4.42 Å². The third-order valence-electron chi connectivity index (χ3n) is 5.44. The second-order valence-corrected chi connectivity index (χ2v) is 7.54. The van der Waals surface area contributed by atoms with Crippen LogP contribution < -0.4 is 10.9 Å². The number of furan rings is 1.